The zero-order chi connectivity index (χ0) is 24.7. The van der Waals surface area contributed by atoms with Gasteiger partial charge in [-0.2, -0.15) is 0 Å². The van der Waals surface area contributed by atoms with Gasteiger partial charge in [-0.15, -0.1) is 0 Å². The van der Waals surface area contributed by atoms with Crippen molar-refractivity contribution in [2.45, 2.75) is 52.0 Å². The SMILES string of the molecule is CC[C@H](C)[C@H](NC(=O)CC(C)CCNC(=O)OCC1c2ccccc2-c2ccccc21)C(=O)O. The van der Waals surface area contributed by atoms with Crippen LogP contribution < -0.4 is 10.6 Å². The lowest BCUT2D eigenvalue weighted by Crippen LogP contribution is -2.45. The zero-order valence-corrected chi connectivity index (χ0v) is 20.0. The Hall–Kier alpha value is -3.35. The molecule has 3 atom stereocenters. The van der Waals surface area contributed by atoms with Crippen LogP contribution in [0.15, 0.2) is 48.5 Å². The minimum atomic E-state index is -1.02. The van der Waals surface area contributed by atoms with E-state index >= 15 is 0 Å². The fraction of sp³-hybridized carbons (Fsp3) is 0.444. The smallest absolute Gasteiger partial charge is 0.407 e. The summed E-state index contributed by atoms with van der Waals surface area (Å²) in [6.07, 6.45) is 0.962. The van der Waals surface area contributed by atoms with Crippen molar-refractivity contribution in [3.63, 3.8) is 0 Å². The molecule has 0 fully saturated rings. The molecule has 3 rings (SSSR count). The number of carboxylic acid groups (broad SMARTS) is 1. The molecule has 1 aliphatic carbocycles. The third-order valence-corrected chi connectivity index (χ3v) is 6.58. The van der Waals surface area contributed by atoms with Crippen molar-refractivity contribution in [1.82, 2.24) is 10.6 Å². The van der Waals surface area contributed by atoms with Crippen LogP contribution in [0.5, 0.6) is 0 Å². The third-order valence-electron chi connectivity index (χ3n) is 6.58. The summed E-state index contributed by atoms with van der Waals surface area (Å²) in [5.41, 5.74) is 4.68. The Labute approximate surface area is 200 Å². The van der Waals surface area contributed by atoms with E-state index < -0.39 is 18.1 Å². The van der Waals surface area contributed by atoms with E-state index in [9.17, 15) is 19.5 Å². The van der Waals surface area contributed by atoms with Gasteiger partial charge >= 0.3 is 12.1 Å². The quantitative estimate of drug-likeness (QED) is 0.450. The van der Waals surface area contributed by atoms with Crippen molar-refractivity contribution in [3.05, 3.63) is 59.7 Å². The summed E-state index contributed by atoms with van der Waals surface area (Å²) in [5.74, 6) is -1.46. The Bertz CT molecular complexity index is 976. The lowest BCUT2D eigenvalue weighted by molar-refractivity contribution is -0.143. The van der Waals surface area contributed by atoms with E-state index in [0.29, 0.717) is 19.4 Å². The number of ether oxygens (including phenoxy) is 1. The maximum absolute atomic E-state index is 12.3. The standard InChI is InChI=1S/C27H34N2O5/c1-4-18(3)25(26(31)32)29-24(30)15-17(2)13-14-28-27(33)34-16-23-21-11-7-5-9-19(21)20-10-6-8-12-22(20)23/h5-12,17-18,23,25H,4,13-16H2,1-3H3,(H,28,33)(H,29,30)(H,31,32)/t17?,18-,25-/m0/s1. The number of carboxylic acids is 1. The summed E-state index contributed by atoms with van der Waals surface area (Å²) in [6.45, 7) is 6.23. The highest BCUT2D eigenvalue weighted by Gasteiger charge is 2.29. The van der Waals surface area contributed by atoms with Crippen LogP contribution in [0.2, 0.25) is 0 Å². The van der Waals surface area contributed by atoms with Gasteiger partial charge < -0.3 is 20.5 Å². The van der Waals surface area contributed by atoms with E-state index in [-0.39, 0.29) is 36.7 Å². The Morgan fingerprint density at radius 1 is 1.00 bits per heavy atom. The number of alkyl carbamates (subject to hydrolysis) is 1. The summed E-state index contributed by atoms with van der Waals surface area (Å²) >= 11 is 0. The predicted octanol–water partition coefficient (Wildman–Crippen LogP) is 4.56. The summed E-state index contributed by atoms with van der Waals surface area (Å²) in [5, 5.41) is 14.7. The monoisotopic (exact) mass is 466 g/mol. The molecule has 0 saturated heterocycles. The van der Waals surface area contributed by atoms with Crippen LogP contribution in [0.4, 0.5) is 4.79 Å². The molecule has 0 radical (unpaired) electrons. The highest BCUT2D eigenvalue weighted by molar-refractivity contribution is 5.84. The van der Waals surface area contributed by atoms with E-state index in [4.69, 9.17) is 4.74 Å². The number of hydrogen-bond acceptors (Lipinski definition) is 4. The Morgan fingerprint density at radius 3 is 2.15 bits per heavy atom. The van der Waals surface area contributed by atoms with Crippen LogP contribution in [0.3, 0.4) is 0 Å². The molecule has 2 amide bonds. The second kappa shape index (κ2) is 11.7. The molecule has 2 aromatic rings. The number of hydrogen-bond donors (Lipinski definition) is 3. The van der Waals surface area contributed by atoms with Gasteiger partial charge in [-0.05, 0) is 40.5 Å². The average molecular weight is 467 g/mol. The fourth-order valence-corrected chi connectivity index (χ4v) is 4.40. The third kappa shape index (κ3) is 6.16. The molecule has 0 bridgehead atoms. The van der Waals surface area contributed by atoms with Crippen molar-refractivity contribution in [2.75, 3.05) is 13.2 Å². The van der Waals surface area contributed by atoms with Gasteiger partial charge in [0.25, 0.3) is 0 Å². The number of aliphatic carboxylic acids is 1. The molecule has 7 heteroatoms. The summed E-state index contributed by atoms with van der Waals surface area (Å²) in [4.78, 5) is 35.9. The number of benzene rings is 2. The zero-order valence-electron chi connectivity index (χ0n) is 20.0. The highest BCUT2D eigenvalue weighted by atomic mass is 16.5. The maximum atomic E-state index is 12.3. The predicted molar refractivity (Wildman–Crippen MR) is 130 cm³/mol. The minimum absolute atomic E-state index is 0.00784. The Kier molecular flexibility index (Phi) is 8.68. The average Bonchev–Trinajstić information content (AvgIpc) is 3.14. The first-order valence-electron chi connectivity index (χ1n) is 11.9. The molecule has 3 N–H and O–H groups in total. The molecule has 182 valence electrons. The lowest BCUT2D eigenvalue weighted by atomic mass is 9.98. The molecule has 0 saturated carbocycles. The number of fused-ring (bicyclic) bond motifs is 3. The van der Waals surface area contributed by atoms with Gasteiger partial charge in [0.1, 0.15) is 12.6 Å². The molecule has 0 aromatic heterocycles. The number of amides is 2. The number of carbonyl (C=O) groups is 3. The fourth-order valence-electron chi connectivity index (χ4n) is 4.40. The van der Waals surface area contributed by atoms with E-state index in [0.717, 1.165) is 11.1 Å². The van der Waals surface area contributed by atoms with E-state index in [1.807, 2.05) is 38.1 Å². The van der Waals surface area contributed by atoms with Gasteiger partial charge in [-0.3, -0.25) is 4.79 Å². The summed E-state index contributed by atoms with van der Waals surface area (Å²) < 4.78 is 5.53. The van der Waals surface area contributed by atoms with Crippen LogP contribution in [0.1, 0.15) is 57.1 Å². The molecule has 1 unspecified atom stereocenters. The van der Waals surface area contributed by atoms with Gasteiger partial charge in [-0.1, -0.05) is 75.7 Å². The normalized spacial score (nSPS) is 14.9. The van der Waals surface area contributed by atoms with Crippen molar-refractivity contribution < 1.29 is 24.2 Å². The number of carbonyl (C=O) groups excluding carboxylic acids is 2. The van der Waals surface area contributed by atoms with Crippen LogP contribution >= 0.6 is 0 Å². The van der Waals surface area contributed by atoms with Crippen LogP contribution in [-0.2, 0) is 14.3 Å². The number of rotatable bonds is 11. The Morgan fingerprint density at radius 2 is 1.59 bits per heavy atom. The summed E-state index contributed by atoms with van der Waals surface area (Å²) in [6, 6.07) is 15.5. The number of nitrogens with one attached hydrogen (secondary N) is 2. The van der Waals surface area contributed by atoms with Crippen LogP contribution in [0, 0.1) is 11.8 Å². The van der Waals surface area contributed by atoms with Gasteiger partial charge in [0.05, 0.1) is 0 Å². The Balaban J connectivity index is 1.42. The van der Waals surface area contributed by atoms with Crippen LogP contribution in [-0.4, -0.2) is 42.3 Å². The molecular weight excluding hydrogens is 432 g/mol. The van der Waals surface area contributed by atoms with E-state index in [2.05, 4.69) is 34.9 Å². The molecule has 0 heterocycles. The van der Waals surface area contributed by atoms with Crippen molar-refractivity contribution >= 4 is 18.0 Å². The van der Waals surface area contributed by atoms with Gasteiger partial charge in [0.15, 0.2) is 0 Å². The van der Waals surface area contributed by atoms with E-state index in [1.165, 1.54) is 11.1 Å². The molecule has 7 nitrogen and oxygen atoms in total. The van der Waals surface area contributed by atoms with Gasteiger partial charge in [0.2, 0.25) is 5.91 Å². The largest absolute Gasteiger partial charge is 0.480 e. The van der Waals surface area contributed by atoms with E-state index in [1.54, 1.807) is 6.92 Å². The topological polar surface area (TPSA) is 105 Å². The molecule has 34 heavy (non-hydrogen) atoms. The first-order chi connectivity index (χ1) is 16.3. The van der Waals surface area contributed by atoms with Gasteiger partial charge in [-0.25, -0.2) is 9.59 Å². The first-order valence-corrected chi connectivity index (χ1v) is 11.9. The first kappa shape index (κ1) is 25.3. The maximum Gasteiger partial charge on any atom is 0.407 e. The van der Waals surface area contributed by atoms with Gasteiger partial charge in [0, 0.05) is 18.9 Å². The molecule has 1 aliphatic rings. The molecular formula is C27H34N2O5. The summed E-state index contributed by atoms with van der Waals surface area (Å²) in [7, 11) is 0. The van der Waals surface area contributed by atoms with Crippen molar-refractivity contribution in [1.29, 1.82) is 0 Å². The molecule has 0 spiro atoms. The van der Waals surface area contributed by atoms with Crippen LogP contribution in [0.25, 0.3) is 11.1 Å². The molecule has 0 aliphatic heterocycles. The van der Waals surface area contributed by atoms with Crippen molar-refractivity contribution in [3.8, 4) is 11.1 Å². The molecule has 2 aromatic carbocycles. The second-order valence-electron chi connectivity index (χ2n) is 9.12. The second-order valence-corrected chi connectivity index (χ2v) is 9.12. The lowest BCUT2D eigenvalue weighted by Gasteiger charge is -2.21. The van der Waals surface area contributed by atoms with Crippen molar-refractivity contribution in [2.24, 2.45) is 11.8 Å². The highest BCUT2D eigenvalue weighted by Crippen LogP contribution is 2.44. The minimum Gasteiger partial charge on any atom is -0.480 e.